The van der Waals surface area contributed by atoms with Crippen LogP contribution in [0.3, 0.4) is 0 Å². The average Bonchev–Trinajstić information content (AvgIpc) is 2.65. The van der Waals surface area contributed by atoms with E-state index in [-0.39, 0.29) is 5.78 Å². The van der Waals surface area contributed by atoms with Gasteiger partial charge in [0.15, 0.2) is 5.78 Å². The quantitative estimate of drug-likeness (QED) is 0.871. The van der Waals surface area contributed by atoms with Crippen LogP contribution >= 0.6 is 15.9 Å². The summed E-state index contributed by atoms with van der Waals surface area (Å²) in [5, 5.41) is 3.16. The lowest BCUT2D eigenvalue weighted by Gasteiger charge is -2.07. The highest BCUT2D eigenvalue weighted by molar-refractivity contribution is 9.10. The minimum absolute atomic E-state index is 0.108. The Bertz CT molecular complexity index is 617. The van der Waals surface area contributed by atoms with Gasteiger partial charge in [0.1, 0.15) is 0 Å². The van der Waals surface area contributed by atoms with E-state index in [0.29, 0.717) is 6.54 Å². The number of ketones is 1. The first kappa shape index (κ1) is 13.9. The summed E-state index contributed by atoms with van der Waals surface area (Å²) >= 11 is 3.45. The van der Waals surface area contributed by atoms with Crippen LogP contribution in [0.5, 0.6) is 0 Å². The first-order valence-corrected chi connectivity index (χ1v) is 6.94. The van der Waals surface area contributed by atoms with Crippen LogP contribution in [0.15, 0.2) is 34.8 Å². The lowest BCUT2D eigenvalue weighted by atomic mass is 10.1. The van der Waals surface area contributed by atoms with E-state index in [9.17, 15) is 4.79 Å². The number of carbonyl (C=O) groups is 1. The number of carbonyl (C=O) groups excluding carboxylic acids is 1. The van der Waals surface area contributed by atoms with Crippen LogP contribution < -0.4 is 5.32 Å². The van der Waals surface area contributed by atoms with Gasteiger partial charge in [-0.3, -0.25) is 4.79 Å². The second kappa shape index (κ2) is 5.61. The number of rotatable bonds is 4. The third-order valence-corrected chi connectivity index (χ3v) is 4.08. The molecule has 0 atom stereocenters. The van der Waals surface area contributed by atoms with Crippen molar-refractivity contribution in [2.45, 2.75) is 13.8 Å². The van der Waals surface area contributed by atoms with Gasteiger partial charge < -0.3 is 9.88 Å². The molecule has 0 saturated heterocycles. The van der Waals surface area contributed by atoms with E-state index >= 15 is 0 Å². The summed E-state index contributed by atoms with van der Waals surface area (Å²) in [6.07, 6.45) is 0. The van der Waals surface area contributed by atoms with Gasteiger partial charge >= 0.3 is 0 Å². The van der Waals surface area contributed by atoms with Gasteiger partial charge in [0.05, 0.1) is 6.54 Å². The Morgan fingerprint density at radius 2 is 2.00 bits per heavy atom. The summed E-state index contributed by atoms with van der Waals surface area (Å²) in [7, 11) is 1.97. The summed E-state index contributed by atoms with van der Waals surface area (Å²) in [5.74, 6) is 0.108. The number of hydrogen-bond donors (Lipinski definition) is 1. The number of Topliss-reactive ketones (excluding diaryl/α,β-unsaturated/α-hetero) is 1. The normalized spacial score (nSPS) is 10.5. The average molecular weight is 321 g/mol. The van der Waals surface area contributed by atoms with Gasteiger partial charge in [-0.15, -0.1) is 0 Å². The number of aromatic nitrogens is 1. The predicted octanol–water partition coefficient (Wildman–Crippen LogP) is 3.70. The molecule has 1 N–H and O–H groups in total. The van der Waals surface area contributed by atoms with E-state index in [1.165, 1.54) is 0 Å². The van der Waals surface area contributed by atoms with Crippen LogP contribution in [-0.2, 0) is 7.05 Å². The molecule has 4 heteroatoms. The summed E-state index contributed by atoms with van der Waals surface area (Å²) in [6, 6.07) is 9.72. The largest absolute Gasteiger partial charge is 0.377 e. The van der Waals surface area contributed by atoms with E-state index in [4.69, 9.17) is 0 Å². The number of benzene rings is 1. The third kappa shape index (κ3) is 2.89. The molecule has 0 unspecified atom stereocenters. The number of para-hydroxylation sites is 1. The number of aryl methyl sites for hydroxylation is 1. The highest BCUT2D eigenvalue weighted by Crippen LogP contribution is 2.21. The lowest BCUT2D eigenvalue weighted by molar-refractivity contribution is 0.101. The molecule has 19 heavy (non-hydrogen) atoms. The van der Waals surface area contributed by atoms with Crippen molar-refractivity contribution in [3.63, 3.8) is 0 Å². The Morgan fingerprint density at radius 1 is 1.32 bits per heavy atom. The van der Waals surface area contributed by atoms with E-state index in [1.807, 2.05) is 55.8 Å². The molecule has 0 radical (unpaired) electrons. The third-order valence-electron chi connectivity index (χ3n) is 3.39. The molecule has 0 aliphatic heterocycles. The Kier molecular flexibility index (Phi) is 4.10. The van der Waals surface area contributed by atoms with Crippen molar-refractivity contribution in [3.8, 4) is 0 Å². The smallest absolute Gasteiger partial charge is 0.183 e. The van der Waals surface area contributed by atoms with Crippen molar-refractivity contribution in [2.75, 3.05) is 11.9 Å². The first-order chi connectivity index (χ1) is 9.00. The number of halogens is 1. The van der Waals surface area contributed by atoms with Crippen LogP contribution in [0.25, 0.3) is 0 Å². The van der Waals surface area contributed by atoms with Crippen LogP contribution in [0.2, 0.25) is 0 Å². The molecule has 0 spiro atoms. The number of hydrogen-bond acceptors (Lipinski definition) is 2. The molecule has 0 aliphatic rings. The fourth-order valence-corrected chi connectivity index (χ4v) is 2.44. The summed E-state index contributed by atoms with van der Waals surface area (Å²) in [5.41, 5.74) is 3.83. The second-order valence-electron chi connectivity index (χ2n) is 4.60. The van der Waals surface area contributed by atoms with Gasteiger partial charge in [0, 0.05) is 34.2 Å². The number of nitrogens with zero attached hydrogens (tertiary/aromatic N) is 1. The molecule has 0 saturated carbocycles. The Morgan fingerprint density at radius 3 is 2.58 bits per heavy atom. The predicted molar refractivity (Wildman–Crippen MR) is 81.8 cm³/mol. The molecule has 2 aromatic rings. The van der Waals surface area contributed by atoms with Gasteiger partial charge in [-0.25, -0.2) is 0 Å². The zero-order valence-corrected chi connectivity index (χ0v) is 12.9. The maximum absolute atomic E-state index is 12.2. The standard InChI is InChI=1S/C15H17BrN2O/c1-10-8-12(11(2)18(10)3)15(19)9-17-14-7-5-4-6-13(14)16/h4-8,17H,9H2,1-3H3. The maximum atomic E-state index is 12.2. The summed E-state index contributed by atoms with van der Waals surface area (Å²) in [4.78, 5) is 12.2. The Labute approximate surface area is 121 Å². The number of nitrogens with one attached hydrogen (secondary N) is 1. The molecular formula is C15H17BrN2O. The van der Waals surface area contributed by atoms with Gasteiger partial charge in [0.25, 0.3) is 0 Å². The molecule has 0 bridgehead atoms. The van der Waals surface area contributed by atoms with Crippen LogP contribution in [0.4, 0.5) is 5.69 Å². The zero-order valence-electron chi connectivity index (χ0n) is 11.3. The van der Waals surface area contributed by atoms with Crippen LogP contribution in [0, 0.1) is 13.8 Å². The fourth-order valence-electron chi connectivity index (χ4n) is 2.01. The van der Waals surface area contributed by atoms with Gasteiger partial charge in [0.2, 0.25) is 0 Å². The highest BCUT2D eigenvalue weighted by atomic mass is 79.9. The van der Waals surface area contributed by atoms with E-state index in [0.717, 1.165) is 27.1 Å². The van der Waals surface area contributed by atoms with Crippen LogP contribution in [0.1, 0.15) is 21.7 Å². The number of anilines is 1. The lowest BCUT2D eigenvalue weighted by Crippen LogP contribution is -2.15. The molecule has 100 valence electrons. The molecule has 2 rings (SSSR count). The second-order valence-corrected chi connectivity index (χ2v) is 5.45. The molecule has 0 fully saturated rings. The molecule has 1 aromatic heterocycles. The van der Waals surface area contributed by atoms with Crippen molar-refractivity contribution < 1.29 is 4.79 Å². The van der Waals surface area contributed by atoms with E-state index in [1.54, 1.807) is 0 Å². The van der Waals surface area contributed by atoms with Crippen molar-refractivity contribution in [1.82, 2.24) is 4.57 Å². The fraction of sp³-hybridized carbons (Fsp3) is 0.267. The highest BCUT2D eigenvalue weighted by Gasteiger charge is 2.13. The van der Waals surface area contributed by atoms with Gasteiger partial charge in [-0.1, -0.05) is 12.1 Å². The van der Waals surface area contributed by atoms with Crippen molar-refractivity contribution in [2.24, 2.45) is 7.05 Å². The molecule has 1 aromatic carbocycles. The molecule has 3 nitrogen and oxygen atoms in total. The van der Waals surface area contributed by atoms with Crippen molar-refractivity contribution in [3.05, 3.63) is 51.8 Å². The monoisotopic (exact) mass is 320 g/mol. The van der Waals surface area contributed by atoms with Gasteiger partial charge in [-0.05, 0) is 48.0 Å². The first-order valence-electron chi connectivity index (χ1n) is 6.15. The molecular weight excluding hydrogens is 304 g/mol. The van der Waals surface area contributed by atoms with E-state index in [2.05, 4.69) is 21.2 Å². The topological polar surface area (TPSA) is 34.0 Å². The maximum Gasteiger partial charge on any atom is 0.183 e. The van der Waals surface area contributed by atoms with Crippen LogP contribution in [-0.4, -0.2) is 16.9 Å². The minimum atomic E-state index is 0.108. The minimum Gasteiger partial charge on any atom is -0.377 e. The SMILES string of the molecule is Cc1cc(C(=O)CNc2ccccc2Br)c(C)n1C. The zero-order chi connectivity index (χ0) is 14.0. The Balaban J connectivity index is 2.10. The van der Waals surface area contributed by atoms with Crippen molar-refractivity contribution >= 4 is 27.4 Å². The molecule has 0 aliphatic carbocycles. The van der Waals surface area contributed by atoms with Crippen molar-refractivity contribution in [1.29, 1.82) is 0 Å². The Hall–Kier alpha value is -1.55. The summed E-state index contributed by atoms with van der Waals surface area (Å²) < 4.78 is 3.00. The van der Waals surface area contributed by atoms with E-state index < -0.39 is 0 Å². The molecule has 1 heterocycles. The van der Waals surface area contributed by atoms with Gasteiger partial charge in [-0.2, -0.15) is 0 Å². The summed E-state index contributed by atoms with van der Waals surface area (Å²) in [6.45, 7) is 4.27. The molecule has 0 amide bonds.